The highest BCUT2D eigenvalue weighted by Gasteiger charge is 2.07. The van der Waals surface area contributed by atoms with Crippen molar-refractivity contribution >= 4 is 10.4 Å². The van der Waals surface area contributed by atoms with Gasteiger partial charge in [0.1, 0.15) is 0 Å². The van der Waals surface area contributed by atoms with Crippen molar-refractivity contribution in [2.75, 3.05) is 34.3 Å². The van der Waals surface area contributed by atoms with Crippen molar-refractivity contribution in [3.8, 4) is 0 Å². The number of unbranched alkanes of at least 4 members (excludes halogenated alkanes) is 8. The van der Waals surface area contributed by atoms with Crippen LogP contribution in [0.15, 0.2) is 0 Å². The summed E-state index contributed by atoms with van der Waals surface area (Å²) in [6.07, 6.45) is 15.3. The predicted molar refractivity (Wildman–Crippen MR) is 114 cm³/mol. The van der Waals surface area contributed by atoms with E-state index in [4.69, 9.17) is 0 Å². The number of quaternary nitrogens is 1. The van der Waals surface area contributed by atoms with Gasteiger partial charge in [-0.15, -0.1) is 0 Å². The van der Waals surface area contributed by atoms with Crippen LogP contribution in [0, 0.1) is 5.92 Å². The van der Waals surface area contributed by atoms with Crippen LogP contribution in [-0.2, 0) is 14.6 Å². The van der Waals surface area contributed by atoms with Crippen LogP contribution in [0.25, 0.3) is 0 Å². The van der Waals surface area contributed by atoms with Gasteiger partial charge in [0.25, 0.3) is 0 Å². The molecule has 5 nitrogen and oxygen atoms in total. The average Bonchev–Trinajstić information content (AvgIpc) is 2.56. The number of rotatable bonds is 16. The van der Waals surface area contributed by atoms with Gasteiger partial charge in [-0.1, -0.05) is 78.6 Å². The van der Waals surface area contributed by atoms with Gasteiger partial charge in [0.2, 0.25) is 10.4 Å². The van der Waals surface area contributed by atoms with Gasteiger partial charge < -0.3 is 9.04 Å². The summed E-state index contributed by atoms with van der Waals surface area (Å²) in [6.45, 7) is 7.66. The molecule has 0 amide bonds. The fraction of sp³-hybridized carbons (Fsp3) is 1.00. The molecule has 0 aliphatic rings. The first-order valence-electron chi connectivity index (χ1n) is 11.0. The third-order valence-corrected chi connectivity index (χ3v) is 5.10. The Kier molecular flexibility index (Phi) is 19.2. The molecule has 1 atom stereocenters. The highest BCUT2D eigenvalue weighted by Crippen LogP contribution is 2.13. The van der Waals surface area contributed by atoms with Crippen molar-refractivity contribution in [2.45, 2.75) is 97.8 Å². The molecule has 0 aliphatic heterocycles. The molecule has 166 valence electrons. The van der Waals surface area contributed by atoms with E-state index < -0.39 is 10.4 Å². The first-order chi connectivity index (χ1) is 12.6. The fourth-order valence-electron chi connectivity index (χ4n) is 2.80. The Bertz CT molecular complexity index is 405. The zero-order valence-electron chi connectivity index (χ0n) is 19.0. The molecule has 0 heterocycles. The smallest absolute Gasteiger partial charge is 0.217 e. The van der Waals surface area contributed by atoms with Gasteiger partial charge in [-0.2, -0.15) is 0 Å². The first kappa shape index (κ1) is 29.0. The zero-order chi connectivity index (χ0) is 21.2. The van der Waals surface area contributed by atoms with E-state index in [1.165, 1.54) is 57.9 Å². The molecular weight excluding hydrogens is 362 g/mol. The minimum atomic E-state index is -4.50. The summed E-state index contributed by atoms with van der Waals surface area (Å²) in [4.78, 5) is 0. The average molecular weight is 410 g/mol. The molecule has 0 spiro atoms. The maximum absolute atomic E-state index is 10.1. The summed E-state index contributed by atoms with van der Waals surface area (Å²) in [7, 11) is 2.33. The first-order valence-corrected chi connectivity index (χ1v) is 12.3. The molecular formula is C21H47NO4S. The summed E-state index contributed by atoms with van der Waals surface area (Å²) >= 11 is 0. The van der Waals surface area contributed by atoms with Crippen molar-refractivity contribution in [2.24, 2.45) is 5.92 Å². The lowest BCUT2D eigenvalue weighted by Gasteiger charge is -2.23. The van der Waals surface area contributed by atoms with Crippen molar-refractivity contribution < 1.29 is 21.6 Å². The highest BCUT2D eigenvalue weighted by molar-refractivity contribution is 7.80. The summed E-state index contributed by atoms with van der Waals surface area (Å²) in [5.74, 6) is 0.184. The normalized spacial score (nSPS) is 13.1. The van der Waals surface area contributed by atoms with Crippen LogP contribution in [0.4, 0.5) is 0 Å². The van der Waals surface area contributed by atoms with Crippen molar-refractivity contribution in [3.63, 3.8) is 0 Å². The molecule has 1 unspecified atom stereocenters. The third-order valence-electron chi connectivity index (χ3n) is 4.67. The monoisotopic (exact) mass is 409 g/mol. The molecule has 0 rings (SSSR count). The van der Waals surface area contributed by atoms with Crippen molar-refractivity contribution in [1.82, 2.24) is 0 Å². The van der Waals surface area contributed by atoms with E-state index in [0.29, 0.717) is 0 Å². The molecule has 0 bridgehead atoms. The van der Waals surface area contributed by atoms with E-state index in [9.17, 15) is 13.0 Å². The lowest BCUT2D eigenvalue weighted by atomic mass is 10.0. The maximum atomic E-state index is 10.1. The Morgan fingerprint density at radius 2 is 1.30 bits per heavy atom. The summed E-state index contributed by atoms with van der Waals surface area (Å²) in [6, 6.07) is 0. The van der Waals surface area contributed by atoms with E-state index in [2.05, 4.69) is 39.2 Å². The van der Waals surface area contributed by atoms with Gasteiger partial charge in [0.15, 0.2) is 0 Å². The Labute approximate surface area is 170 Å². The van der Waals surface area contributed by atoms with E-state index in [0.717, 1.165) is 30.2 Å². The maximum Gasteiger partial charge on any atom is 0.217 e. The van der Waals surface area contributed by atoms with Crippen LogP contribution >= 0.6 is 0 Å². The largest absolute Gasteiger partial charge is 0.726 e. The molecule has 0 aromatic carbocycles. The minimum absolute atomic E-state index is 0.0301. The summed E-state index contributed by atoms with van der Waals surface area (Å²) in [5, 5.41) is 0. The Hall–Kier alpha value is -0.170. The number of nitrogens with zero attached hydrogens (tertiary/aromatic N) is 1. The van der Waals surface area contributed by atoms with Crippen LogP contribution in [0.5, 0.6) is 0 Å². The van der Waals surface area contributed by atoms with Gasteiger partial charge in [0, 0.05) is 0 Å². The van der Waals surface area contributed by atoms with Crippen LogP contribution in [0.2, 0.25) is 0 Å². The standard InChI is InChI=1S/C13H30N.C8H18O4S/c1-5-6-7-8-9-10-11-12-13-14(2,3)4;1-3-5-6-8(4-2)7-12-13(9,10)11/h5-13H2,1-4H3;8H,3-7H2,1-2H3,(H,9,10,11)/q+1;/p-1. The summed E-state index contributed by atoms with van der Waals surface area (Å²) in [5.41, 5.74) is 0. The Morgan fingerprint density at radius 3 is 1.70 bits per heavy atom. The predicted octanol–water partition coefficient (Wildman–Crippen LogP) is 5.51. The SMILES string of the molecule is CCCCC(CC)COS(=O)(=O)[O-].CCCCCCCCCC[N+](C)(C)C. The lowest BCUT2D eigenvalue weighted by Crippen LogP contribution is -2.35. The molecule has 27 heavy (non-hydrogen) atoms. The third kappa shape index (κ3) is 28.1. The lowest BCUT2D eigenvalue weighted by molar-refractivity contribution is -0.870. The molecule has 0 aromatic rings. The quantitative estimate of drug-likeness (QED) is 0.146. The van der Waals surface area contributed by atoms with Crippen LogP contribution < -0.4 is 0 Å². The summed E-state index contributed by atoms with van der Waals surface area (Å²) < 4.78 is 35.8. The Balaban J connectivity index is 0. The van der Waals surface area contributed by atoms with Gasteiger partial charge in [-0.25, -0.2) is 8.42 Å². The second-order valence-electron chi connectivity index (χ2n) is 8.60. The van der Waals surface area contributed by atoms with Crippen LogP contribution in [0.1, 0.15) is 97.8 Å². The van der Waals surface area contributed by atoms with Gasteiger partial charge in [-0.3, -0.25) is 4.18 Å². The molecule has 0 saturated carbocycles. The fourth-order valence-corrected chi connectivity index (χ4v) is 3.16. The molecule has 0 radical (unpaired) electrons. The molecule has 0 aliphatic carbocycles. The zero-order valence-corrected chi connectivity index (χ0v) is 19.8. The van der Waals surface area contributed by atoms with E-state index in [1.54, 1.807) is 0 Å². The van der Waals surface area contributed by atoms with Gasteiger partial charge in [-0.05, 0) is 25.2 Å². The molecule has 0 N–H and O–H groups in total. The Morgan fingerprint density at radius 1 is 0.815 bits per heavy atom. The molecule has 0 aromatic heterocycles. The minimum Gasteiger partial charge on any atom is -0.726 e. The second kappa shape index (κ2) is 17.9. The van der Waals surface area contributed by atoms with E-state index >= 15 is 0 Å². The number of hydrogen-bond acceptors (Lipinski definition) is 4. The van der Waals surface area contributed by atoms with Crippen molar-refractivity contribution in [1.29, 1.82) is 0 Å². The molecule has 6 heteroatoms. The van der Waals surface area contributed by atoms with Crippen LogP contribution in [0.3, 0.4) is 0 Å². The van der Waals surface area contributed by atoms with Gasteiger partial charge in [0.05, 0.1) is 34.3 Å². The molecule has 0 saturated heterocycles. The molecule has 0 fully saturated rings. The van der Waals surface area contributed by atoms with E-state index in [-0.39, 0.29) is 12.5 Å². The number of hydrogen-bond donors (Lipinski definition) is 0. The van der Waals surface area contributed by atoms with Gasteiger partial charge >= 0.3 is 0 Å². The van der Waals surface area contributed by atoms with Crippen LogP contribution in [-0.4, -0.2) is 51.7 Å². The van der Waals surface area contributed by atoms with Crippen molar-refractivity contribution in [3.05, 3.63) is 0 Å². The topological polar surface area (TPSA) is 66.4 Å². The van der Waals surface area contributed by atoms with E-state index in [1.807, 2.05) is 6.92 Å². The highest BCUT2D eigenvalue weighted by atomic mass is 32.3. The second-order valence-corrected chi connectivity index (χ2v) is 9.65.